The lowest BCUT2D eigenvalue weighted by Gasteiger charge is -2.16. The highest BCUT2D eigenvalue weighted by atomic mass is 19.3. The molecule has 0 aliphatic heterocycles. The van der Waals surface area contributed by atoms with Gasteiger partial charge >= 0.3 is 12.3 Å². The molecule has 2 N–H and O–H groups in total. The van der Waals surface area contributed by atoms with Crippen molar-refractivity contribution in [3.8, 4) is 0 Å². The van der Waals surface area contributed by atoms with Crippen LogP contribution in [0.2, 0.25) is 0 Å². The number of hydrogen-bond acceptors (Lipinski definition) is 3. The maximum absolute atomic E-state index is 12.9. The fourth-order valence-corrected chi connectivity index (χ4v) is 1.41. The molecule has 0 radical (unpaired) electrons. The number of pyridine rings is 1. The van der Waals surface area contributed by atoms with Crippen molar-refractivity contribution in [3.05, 3.63) is 18.3 Å². The first-order valence-corrected chi connectivity index (χ1v) is 4.64. The lowest BCUT2D eigenvalue weighted by atomic mass is 10.3. The van der Waals surface area contributed by atoms with Gasteiger partial charge in [-0.3, -0.25) is 4.57 Å². The summed E-state index contributed by atoms with van der Waals surface area (Å²) in [5, 5.41) is 0. The predicted molar refractivity (Wildman–Crippen MR) is 52.9 cm³/mol. The predicted octanol–water partition coefficient (Wildman–Crippen LogP) is 1.91. The number of halogens is 4. The van der Waals surface area contributed by atoms with Crippen LogP contribution in [0.15, 0.2) is 18.3 Å². The highest BCUT2D eigenvalue weighted by Crippen LogP contribution is 2.27. The van der Waals surface area contributed by atoms with Crippen molar-refractivity contribution in [2.75, 3.05) is 5.73 Å². The van der Waals surface area contributed by atoms with Crippen molar-refractivity contribution < 1.29 is 17.6 Å². The number of imidazole rings is 1. The van der Waals surface area contributed by atoms with Crippen molar-refractivity contribution in [1.82, 2.24) is 14.5 Å². The molecule has 0 bridgehead atoms. The van der Waals surface area contributed by atoms with E-state index in [1.165, 1.54) is 12.3 Å². The maximum atomic E-state index is 12.9. The van der Waals surface area contributed by atoms with Gasteiger partial charge in [-0.1, -0.05) is 0 Å². The van der Waals surface area contributed by atoms with E-state index in [2.05, 4.69) is 9.97 Å². The van der Waals surface area contributed by atoms with Gasteiger partial charge in [-0.25, -0.2) is 18.7 Å². The number of nitrogen functional groups attached to an aromatic ring is 1. The van der Waals surface area contributed by atoms with E-state index in [-0.39, 0.29) is 17.1 Å². The quantitative estimate of drug-likeness (QED) is 0.844. The molecule has 2 aromatic rings. The van der Waals surface area contributed by atoms with Crippen LogP contribution < -0.4 is 5.73 Å². The number of rotatable bonds is 3. The fourth-order valence-electron chi connectivity index (χ4n) is 1.41. The summed E-state index contributed by atoms with van der Waals surface area (Å²) in [5.41, 5.74) is 5.74. The molecule has 0 spiro atoms. The minimum Gasteiger partial charge on any atom is -0.369 e. The van der Waals surface area contributed by atoms with E-state index in [1.54, 1.807) is 6.07 Å². The minimum atomic E-state index is -4.17. The maximum Gasteiger partial charge on any atom is 0.325 e. The molecule has 0 aromatic carbocycles. The van der Waals surface area contributed by atoms with Gasteiger partial charge in [-0.2, -0.15) is 8.78 Å². The molecule has 0 unspecified atom stereocenters. The van der Waals surface area contributed by atoms with Crippen LogP contribution in [0.3, 0.4) is 0 Å². The molecule has 8 heteroatoms. The Kier molecular flexibility index (Phi) is 2.64. The minimum absolute atomic E-state index is 0.0605. The molecule has 92 valence electrons. The summed E-state index contributed by atoms with van der Waals surface area (Å²) in [4.78, 5) is 7.54. The Labute approximate surface area is 93.1 Å². The number of hydrogen-bond donors (Lipinski definition) is 1. The van der Waals surface area contributed by atoms with Gasteiger partial charge in [0.1, 0.15) is 5.52 Å². The van der Waals surface area contributed by atoms with E-state index in [4.69, 9.17) is 5.73 Å². The van der Waals surface area contributed by atoms with Gasteiger partial charge in [0.25, 0.3) is 0 Å². The zero-order valence-corrected chi connectivity index (χ0v) is 8.45. The summed E-state index contributed by atoms with van der Waals surface area (Å²) in [6.07, 6.45) is -2.41. The Morgan fingerprint density at radius 3 is 2.76 bits per heavy atom. The van der Waals surface area contributed by atoms with E-state index in [0.29, 0.717) is 0 Å². The number of nitrogens with zero attached hydrogens (tertiary/aromatic N) is 3. The average molecular weight is 248 g/mol. The number of aromatic nitrogens is 3. The standard InChI is InChI=1S/C9H8F4N4/c10-7(11)9(12,13)4-17-6-5(16-8(17)14)2-1-3-15-6/h1-3,7H,4H2,(H2,14,16). The second-order valence-electron chi connectivity index (χ2n) is 3.46. The zero-order valence-electron chi connectivity index (χ0n) is 8.45. The van der Waals surface area contributed by atoms with Gasteiger partial charge in [0, 0.05) is 6.20 Å². The Morgan fingerprint density at radius 2 is 2.12 bits per heavy atom. The zero-order chi connectivity index (χ0) is 12.6. The molecule has 2 aromatic heterocycles. The van der Waals surface area contributed by atoms with Crippen LogP contribution in [-0.4, -0.2) is 26.9 Å². The smallest absolute Gasteiger partial charge is 0.325 e. The molecule has 0 atom stereocenters. The summed E-state index contributed by atoms with van der Waals surface area (Å²) < 4.78 is 50.8. The SMILES string of the molecule is Nc1nc2cccnc2n1CC(F)(F)C(F)F. The second-order valence-corrected chi connectivity index (χ2v) is 3.46. The highest BCUT2D eigenvalue weighted by Gasteiger charge is 2.42. The summed E-state index contributed by atoms with van der Waals surface area (Å²) in [6.45, 7) is -1.25. The van der Waals surface area contributed by atoms with Crippen LogP contribution in [0.1, 0.15) is 0 Å². The molecule has 4 nitrogen and oxygen atoms in total. The summed E-state index contributed by atoms with van der Waals surface area (Å²) in [5.74, 6) is -4.43. The first-order valence-electron chi connectivity index (χ1n) is 4.64. The van der Waals surface area contributed by atoms with Gasteiger partial charge in [0.15, 0.2) is 5.65 Å². The van der Waals surface area contributed by atoms with Crippen LogP contribution in [0, 0.1) is 0 Å². The first-order chi connectivity index (χ1) is 7.92. The molecule has 0 saturated carbocycles. The average Bonchev–Trinajstić information content (AvgIpc) is 2.55. The van der Waals surface area contributed by atoms with Crippen molar-refractivity contribution in [2.45, 2.75) is 18.9 Å². The Morgan fingerprint density at radius 1 is 1.41 bits per heavy atom. The molecular weight excluding hydrogens is 240 g/mol. The molecule has 17 heavy (non-hydrogen) atoms. The normalized spacial score (nSPS) is 12.5. The van der Waals surface area contributed by atoms with Crippen molar-refractivity contribution in [1.29, 1.82) is 0 Å². The molecule has 0 aliphatic rings. The fraction of sp³-hybridized carbons (Fsp3) is 0.333. The third kappa shape index (κ3) is 2.02. The van der Waals surface area contributed by atoms with Crippen molar-refractivity contribution >= 4 is 17.1 Å². The largest absolute Gasteiger partial charge is 0.369 e. The van der Waals surface area contributed by atoms with Gasteiger partial charge in [-0.05, 0) is 12.1 Å². The molecular formula is C9H8F4N4. The van der Waals surface area contributed by atoms with Gasteiger partial charge < -0.3 is 5.73 Å². The van der Waals surface area contributed by atoms with E-state index < -0.39 is 18.9 Å². The molecule has 0 saturated heterocycles. The van der Waals surface area contributed by atoms with E-state index >= 15 is 0 Å². The number of fused-ring (bicyclic) bond motifs is 1. The Balaban J connectivity index is 2.45. The van der Waals surface area contributed by atoms with Crippen LogP contribution in [0.25, 0.3) is 11.2 Å². The summed E-state index contributed by atoms with van der Waals surface area (Å²) in [7, 11) is 0. The van der Waals surface area contributed by atoms with Crippen molar-refractivity contribution in [3.63, 3.8) is 0 Å². The van der Waals surface area contributed by atoms with Crippen LogP contribution in [0.5, 0.6) is 0 Å². The van der Waals surface area contributed by atoms with Crippen LogP contribution in [-0.2, 0) is 6.54 Å². The third-order valence-electron chi connectivity index (χ3n) is 2.22. The molecule has 0 amide bonds. The van der Waals surface area contributed by atoms with E-state index in [0.717, 1.165) is 4.57 Å². The van der Waals surface area contributed by atoms with Gasteiger partial charge in [-0.15, -0.1) is 0 Å². The van der Waals surface area contributed by atoms with E-state index in [1.807, 2.05) is 0 Å². The van der Waals surface area contributed by atoms with Crippen molar-refractivity contribution in [2.24, 2.45) is 0 Å². The van der Waals surface area contributed by atoms with Crippen LogP contribution in [0.4, 0.5) is 23.5 Å². The molecule has 0 fully saturated rings. The third-order valence-corrected chi connectivity index (χ3v) is 2.22. The summed E-state index contributed by atoms with van der Waals surface area (Å²) in [6, 6.07) is 3.06. The number of anilines is 1. The van der Waals surface area contributed by atoms with Gasteiger partial charge in [0.2, 0.25) is 5.95 Å². The lowest BCUT2D eigenvalue weighted by molar-refractivity contribution is -0.137. The Hall–Kier alpha value is -1.86. The van der Waals surface area contributed by atoms with Gasteiger partial charge in [0.05, 0.1) is 6.54 Å². The lowest BCUT2D eigenvalue weighted by Crippen LogP contribution is -2.32. The highest BCUT2D eigenvalue weighted by molar-refractivity contribution is 5.73. The molecule has 0 aliphatic carbocycles. The second kappa shape index (κ2) is 3.86. The number of alkyl halides is 4. The topological polar surface area (TPSA) is 56.7 Å². The monoisotopic (exact) mass is 248 g/mol. The number of nitrogens with two attached hydrogens (primary N) is 1. The van der Waals surface area contributed by atoms with E-state index in [9.17, 15) is 17.6 Å². The van der Waals surface area contributed by atoms with Crippen LogP contribution >= 0.6 is 0 Å². The molecule has 2 heterocycles. The Bertz CT molecular complexity index is 537. The summed E-state index contributed by atoms with van der Waals surface area (Å²) >= 11 is 0. The molecule has 2 rings (SSSR count). The first kappa shape index (κ1) is 11.6.